The van der Waals surface area contributed by atoms with Crippen molar-refractivity contribution in [2.45, 2.75) is 37.3 Å². The van der Waals surface area contributed by atoms with Gasteiger partial charge in [-0.2, -0.15) is 0 Å². The van der Waals surface area contributed by atoms with Crippen LogP contribution in [0, 0.1) is 5.92 Å². The zero-order valence-electron chi connectivity index (χ0n) is 10.2. The average Bonchev–Trinajstić information content (AvgIpc) is 2.64. The van der Waals surface area contributed by atoms with Gasteiger partial charge in [0.05, 0.1) is 12.7 Å². The van der Waals surface area contributed by atoms with Crippen LogP contribution in [0.15, 0.2) is 12.2 Å². The number of aliphatic hydroxyl groups is 3. The van der Waals surface area contributed by atoms with Gasteiger partial charge < -0.3 is 20.1 Å². The highest BCUT2D eigenvalue weighted by Crippen LogP contribution is 2.30. The van der Waals surface area contributed by atoms with E-state index in [0.29, 0.717) is 6.42 Å². The molecule has 0 aromatic heterocycles. The third kappa shape index (κ3) is 3.01. The third-order valence-corrected chi connectivity index (χ3v) is 3.46. The number of amides is 2. The fraction of sp³-hybridized carbons (Fsp3) is 0.667. The van der Waals surface area contributed by atoms with Crippen molar-refractivity contribution in [3.8, 4) is 0 Å². The number of hydrogen-bond donors (Lipinski definition) is 4. The van der Waals surface area contributed by atoms with Crippen molar-refractivity contribution in [3.05, 3.63) is 12.2 Å². The van der Waals surface area contributed by atoms with Crippen LogP contribution >= 0.6 is 0 Å². The van der Waals surface area contributed by atoms with Gasteiger partial charge in [0.25, 0.3) is 0 Å². The molecule has 1 fully saturated rings. The molecule has 2 aliphatic rings. The van der Waals surface area contributed by atoms with Gasteiger partial charge in [-0.05, 0) is 12.5 Å². The average molecular weight is 271 g/mol. The van der Waals surface area contributed by atoms with Crippen molar-refractivity contribution >= 4 is 11.8 Å². The predicted octanol–water partition coefficient (Wildman–Crippen LogP) is -1.92. The zero-order chi connectivity index (χ0) is 14.0. The summed E-state index contributed by atoms with van der Waals surface area (Å²) in [6.45, 7) is -0.398. The molecule has 0 aliphatic carbocycles. The van der Waals surface area contributed by atoms with Crippen molar-refractivity contribution in [2.24, 2.45) is 5.92 Å². The Kier molecular flexibility index (Phi) is 4.31. The number of ether oxygens (including phenoxy) is 1. The Labute approximate surface area is 109 Å². The Morgan fingerprint density at radius 1 is 1.32 bits per heavy atom. The Hall–Kier alpha value is -1.28. The number of imide groups is 1. The van der Waals surface area contributed by atoms with E-state index >= 15 is 0 Å². The van der Waals surface area contributed by atoms with Crippen molar-refractivity contribution < 1.29 is 29.6 Å². The first-order valence-electron chi connectivity index (χ1n) is 6.17. The van der Waals surface area contributed by atoms with Gasteiger partial charge in [0.1, 0.15) is 18.3 Å². The van der Waals surface area contributed by atoms with E-state index in [9.17, 15) is 19.8 Å². The molecule has 19 heavy (non-hydrogen) atoms. The number of nitrogens with one attached hydrogen (secondary N) is 1. The molecule has 106 valence electrons. The van der Waals surface area contributed by atoms with Crippen LogP contribution < -0.4 is 5.32 Å². The maximum Gasteiger partial charge on any atom is 0.250 e. The van der Waals surface area contributed by atoms with Crippen molar-refractivity contribution in [3.63, 3.8) is 0 Å². The first-order valence-corrected chi connectivity index (χ1v) is 6.17. The molecule has 2 heterocycles. The maximum absolute atomic E-state index is 11.3. The summed E-state index contributed by atoms with van der Waals surface area (Å²) in [5.74, 6) is -1.26. The topological polar surface area (TPSA) is 116 Å². The van der Waals surface area contributed by atoms with E-state index in [4.69, 9.17) is 9.84 Å². The van der Waals surface area contributed by atoms with Crippen molar-refractivity contribution in [1.82, 2.24) is 5.32 Å². The van der Waals surface area contributed by atoms with Crippen LogP contribution in [0.2, 0.25) is 0 Å². The van der Waals surface area contributed by atoms with E-state index in [1.807, 2.05) is 0 Å². The molecular weight excluding hydrogens is 254 g/mol. The summed E-state index contributed by atoms with van der Waals surface area (Å²) in [6, 6.07) is 0. The molecule has 7 heteroatoms. The van der Waals surface area contributed by atoms with E-state index in [1.165, 1.54) is 6.08 Å². The maximum atomic E-state index is 11.3. The fourth-order valence-corrected chi connectivity index (χ4v) is 2.40. The first kappa shape index (κ1) is 14.1. The molecular formula is C12H17NO6. The summed E-state index contributed by atoms with van der Waals surface area (Å²) in [7, 11) is 0. The van der Waals surface area contributed by atoms with Gasteiger partial charge in [-0.1, -0.05) is 6.08 Å². The van der Waals surface area contributed by atoms with Gasteiger partial charge in [0, 0.05) is 12.3 Å². The highest BCUT2D eigenvalue weighted by atomic mass is 16.6. The molecule has 2 rings (SSSR count). The molecule has 0 aromatic rings. The molecule has 0 spiro atoms. The largest absolute Gasteiger partial charge is 0.394 e. The molecule has 0 radical (unpaired) electrons. The lowest BCUT2D eigenvalue weighted by Crippen LogP contribution is -2.38. The fourth-order valence-electron chi connectivity index (χ4n) is 2.40. The number of carbonyl (C=O) groups excluding carboxylic acids is 2. The van der Waals surface area contributed by atoms with Crippen LogP contribution in [0.5, 0.6) is 0 Å². The van der Waals surface area contributed by atoms with Crippen LogP contribution in [0.1, 0.15) is 12.8 Å². The molecule has 0 bridgehead atoms. The summed E-state index contributed by atoms with van der Waals surface area (Å²) in [5, 5.41) is 30.8. The lowest BCUT2D eigenvalue weighted by molar-refractivity contribution is -0.128. The number of carbonyl (C=O) groups is 2. The molecule has 1 saturated heterocycles. The van der Waals surface area contributed by atoms with Crippen LogP contribution in [0.25, 0.3) is 0 Å². The highest BCUT2D eigenvalue weighted by Gasteiger charge is 2.45. The summed E-state index contributed by atoms with van der Waals surface area (Å²) in [6.07, 6.45) is -0.596. The monoisotopic (exact) mass is 271 g/mol. The number of hydrogen-bond acceptors (Lipinski definition) is 6. The second-order valence-electron chi connectivity index (χ2n) is 4.78. The minimum Gasteiger partial charge on any atom is -0.394 e. The Balaban J connectivity index is 2.12. The lowest BCUT2D eigenvalue weighted by atomic mass is 9.90. The summed E-state index contributed by atoms with van der Waals surface area (Å²) in [5.41, 5.74) is 0. The molecule has 7 nitrogen and oxygen atoms in total. The second kappa shape index (κ2) is 5.79. The second-order valence-corrected chi connectivity index (χ2v) is 4.78. The van der Waals surface area contributed by atoms with E-state index in [1.54, 1.807) is 6.08 Å². The van der Waals surface area contributed by atoms with Crippen molar-refractivity contribution in [1.29, 1.82) is 0 Å². The molecule has 5 atom stereocenters. The van der Waals surface area contributed by atoms with Crippen LogP contribution in [0.3, 0.4) is 0 Å². The van der Waals surface area contributed by atoms with Gasteiger partial charge in [-0.25, -0.2) is 0 Å². The van der Waals surface area contributed by atoms with Crippen LogP contribution in [-0.2, 0) is 14.3 Å². The SMILES string of the molecule is O=C1/C=C\C([C@@H]2O[C@H](CO)[C@@H](O)[C@H]2O)CCC(=O)N1. The normalized spacial score (nSPS) is 41.5. The summed E-state index contributed by atoms with van der Waals surface area (Å²) in [4.78, 5) is 22.6. The minimum atomic E-state index is -1.17. The number of rotatable bonds is 2. The van der Waals surface area contributed by atoms with Gasteiger partial charge in [0.15, 0.2) is 0 Å². The molecule has 4 N–H and O–H groups in total. The van der Waals surface area contributed by atoms with E-state index in [-0.39, 0.29) is 18.2 Å². The van der Waals surface area contributed by atoms with Crippen LogP contribution in [0.4, 0.5) is 0 Å². The van der Waals surface area contributed by atoms with Crippen LogP contribution in [-0.4, -0.2) is 58.2 Å². The minimum absolute atomic E-state index is 0.132. The standard InChI is InChI=1S/C12H17NO6/c14-5-7-10(17)11(18)12(19-7)6-1-3-8(15)13-9(16)4-2-6/h1,3,6-7,10-12,14,17-18H,2,4-5H2,(H,13,15,16)/b3-1-/t6?,7-,10-,11-,12+/m1/s1. The summed E-state index contributed by atoms with van der Waals surface area (Å²) >= 11 is 0. The number of aliphatic hydroxyl groups excluding tert-OH is 3. The molecule has 0 aromatic carbocycles. The third-order valence-electron chi connectivity index (χ3n) is 3.46. The highest BCUT2D eigenvalue weighted by molar-refractivity contribution is 6.01. The lowest BCUT2D eigenvalue weighted by Gasteiger charge is -2.23. The molecule has 2 amide bonds. The Morgan fingerprint density at radius 3 is 2.68 bits per heavy atom. The Bertz CT molecular complexity index is 396. The smallest absolute Gasteiger partial charge is 0.250 e. The predicted molar refractivity (Wildman–Crippen MR) is 62.8 cm³/mol. The summed E-state index contributed by atoms with van der Waals surface area (Å²) < 4.78 is 5.40. The Morgan fingerprint density at radius 2 is 2.05 bits per heavy atom. The van der Waals surface area contributed by atoms with Gasteiger partial charge in [-0.15, -0.1) is 0 Å². The van der Waals surface area contributed by atoms with E-state index < -0.39 is 36.9 Å². The molecule has 0 saturated carbocycles. The van der Waals surface area contributed by atoms with E-state index in [2.05, 4.69) is 5.32 Å². The zero-order valence-corrected chi connectivity index (χ0v) is 10.2. The van der Waals surface area contributed by atoms with Gasteiger partial charge in [-0.3, -0.25) is 14.9 Å². The van der Waals surface area contributed by atoms with E-state index in [0.717, 1.165) is 0 Å². The quantitative estimate of drug-likeness (QED) is 0.435. The molecule has 2 aliphatic heterocycles. The van der Waals surface area contributed by atoms with Crippen molar-refractivity contribution in [2.75, 3.05) is 6.61 Å². The molecule has 1 unspecified atom stereocenters. The first-order chi connectivity index (χ1) is 9.02. The van der Waals surface area contributed by atoms with Gasteiger partial charge in [0.2, 0.25) is 11.8 Å². The van der Waals surface area contributed by atoms with Gasteiger partial charge >= 0.3 is 0 Å².